The zero-order chi connectivity index (χ0) is 20.3. The van der Waals surface area contributed by atoms with Gasteiger partial charge in [0.1, 0.15) is 5.82 Å². The van der Waals surface area contributed by atoms with Gasteiger partial charge in [0.05, 0.1) is 5.75 Å². The molecular weight excluding hydrogens is 382 g/mol. The lowest BCUT2D eigenvalue weighted by Crippen LogP contribution is -2.31. The maximum Gasteiger partial charge on any atom is 0.343 e. The number of hydrogen-bond donors (Lipinski definition) is 2. The van der Waals surface area contributed by atoms with Crippen LogP contribution in [0, 0.1) is 0 Å². The molecule has 0 fully saturated rings. The van der Waals surface area contributed by atoms with Crippen LogP contribution in [0.2, 0.25) is 0 Å². The molecule has 0 aliphatic heterocycles. The van der Waals surface area contributed by atoms with E-state index in [-0.39, 0.29) is 5.69 Å². The summed E-state index contributed by atoms with van der Waals surface area (Å²) in [7, 11) is 1.75. The van der Waals surface area contributed by atoms with Gasteiger partial charge in [0.2, 0.25) is 0 Å². The zero-order valence-electron chi connectivity index (χ0n) is 16.3. The van der Waals surface area contributed by atoms with Gasteiger partial charge >= 0.3 is 11.4 Å². The summed E-state index contributed by atoms with van der Waals surface area (Å²) in [4.78, 5) is 43.4. The summed E-state index contributed by atoms with van der Waals surface area (Å²) in [6.45, 7) is 5.21. The third-order valence-corrected chi connectivity index (χ3v) is 5.60. The molecule has 11 heteroatoms. The summed E-state index contributed by atoms with van der Waals surface area (Å²) in [6, 6.07) is 0. The molecule has 0 amide bonds. The number of nitrogens with zero attached hydrogens (tertiary/aromatic N) is 5. The lowest BCUT2D eigenvalue weighted by atomic mass is 10.3. The van der Waals surface area contributed by atoms with Crippen LogP contribution < -0.4 is 16.9 Å². The number of rotatable bonds is 9. The lowest BCUT2D eigenvalue weighted by molar-refractivity contribution is 0.572. The van der Waals surface area contributed by atoms with E-state index in [9.17, 15) is 14.4 Å². The van der Waals surface area contributed by atoms with E-state index in [0.29, 0.717) is 41.0 Å². The van der Waals surface area contributed by atoms with Gasteiger partial charge in [-0.15, -0.1) is 5.10 Å². The molecule has 0 saturated carbocycles. The second-order valence-electron chi connectivity index (χ2n) is 6.63. The van der Waals surface area contributed by atoms with Crippen molar-refractivity contribution in [1.82, 2.24) is 33.9 Å². The first-order chi connectivity index (χ1) is 13.5. The molecule has 0 saturated heterocycles. The highest BCUT2D eigenvalue weighted by atomic mass is 32.2. The van der Waals surface area contributed by atoms with E-state index >= 15 is 0 Å². The fourth-order valence-corrected chi connectivity index (χ4v) is 3.96. The predicted octanol–water partition coefficient (Wildman–Crippen LogP) is 1.20. The summed E-state index contributed by atoms with van der Waals surface area (Å²) in [5.41, 5.74) is -0.351. The van der Waals surface area contributed by atoms with Gasteiger partial charge in [-0.2, -0.15) is 0 Å². The van der Waals surface area contributed by atoms with Crippen molar-refractivity contribution in [2.45, 2.75) is 63.5 Å². The third kappa shape index (κ3) is 3.84. The summed E-state index contributed by atoms with van der Waals surface area (Å²) in [6.07, 6.45) is 3.61. The topological polar surface area (TPSA) is 123 Å². The predicted molar refractivity (Wildman–Crippen MR) is 108 cm³/mol. The SMILES string of the molecule is CCCCn1c(SCc2nc3c(c(=O)[nH]c(=O)n3CCCC)n2C)n[nH]c1=O. The van der Waals surface area contributed by atoms with E-state index in [1.54, 1.807) is 16.2 Å². The van der Waals surface area contributed by atoms with E-state index < -0.39 is 11.2 Å². The van der Waals surface area contributed by atoms with Crippen LogP contribution in [0.1, 0.15) is 45.4 Å². The van der Waals surface area contributed by atoms with Crippen LogP contribution in [0.5, 0.6) is 0 Å². The molecule has 0 aromatic carbocycles. The highest BCUT2D eigenvalue weighted by Gasteiger charge is 2.17. The molecule has 10 nitrogen and oxygen atoms in total. The Morgan fingerprint density at radius 2 is 1.68 bits per heavy atom. The van der Waals surface area contributed by atoms with E-state index in [1.165, 1.54) is 16.3 Å². The number of aryl methyl sites for hydroxylation is 2. The van der Waals surface area contributed by atoms with Crippen molar-refractivity contribution in [2.75, 3.05) is 0 Å². The molecule has 3 heterocycles. The number of hydrogen-bond acceptors (Lipinski definition) is 6. The van der Waals surface area contributed by atoms with Crippen molar-refractivity contribution >= 4 is 22.9 Å². The molecule has 2 N–H and O–H groups in total. The van der Waals surface area contributed by atoms with Gasteiger partial charge in [0.15, 0.2) is 16.3 Å². The highest BCUT2D eigenvalue weighted by molar-refractivity contribution is 7.98. The van der Waals surface area contributed by atoms with E-state index in [2.05, 4.69) is 27.1 Å². The van der Waals surface area contributed by atoms with Crippen LogP contribution in [0.3, 0.4) is 0 Å². The van der Waals surface area contributed by atoms with Crippen LogP contribution in [-0.4, -0.2) is 33.9 Å². The molecule has 0 bridgehead atoms. The monoisotopic (exact) mass is 407 g/mol. The van der Waals surface area contributed by atoms with Crippen molar-refractivity contribution < 1.29 is 0 Å². The molecule has 3 aromatic heterocycles. The Hall–Kier alpha value is -2.56. The molecule has 3 aromatic rings. The second-order valence-corrected chi connectivity index (χ2v) is 7.57. The number of unbranched alkanes of at least 4 members (excludes halogenated alkanes) is 2. The molecule has 0 aliphatic rings. The molecule has 0 atom stereocenters. The number of aromatic amines is 2. The van der Waals surface area contributed by atoms with Crippen molar-refractivity contribution in [3.8, 4) is 0 Å². The van der Waals surface area contributed by atoms with Crippen molar-refractivity contribution in [3.05, 3.63) is 37.1 Å². The van der Waals surface area contributed by atoms with Gasteiger partial charge in [-0.05, 0) is 12.8 Å². The first-order valence-corrected chi connectivity index (χ1v) is 10.4. The quantitative estimate of drug-likeness (QED) is 0.514. The normalized spacial score (nSPS) is 11.5. The molecule has 152 valence electrons. The summed E-state index contributed by atoms with van der Waals surface area (Å²) in [5, 5.41) is 7.15. The highest BCUT2D eigenvalue weighted by Crippen LogP contribution is 2.21. The van der Waals surface area contributed by atoms with Gasteiger partial charge in [0.25, 0.3) is 5.56 Å². The van der Waals surface area contributed by atoms with Crippen LogP contribution in [0.4, 0.5) is 0 Å². The van der Waals surface area contributed by atoms with Crippen LogP contribution >= 0.6 is 11.8 Å². The first kappa shape index (κ1) is 20.2. The minimum atomic E-state index is -0.446. The Morgan fingerprint density at radius 1 is 1.00 bits per heavy atom. The Bertz CT molecular complexity index is 1130. The average molecular weight is 408 g/mol. The molecule has 0 aliphatic carbocycles. The third-order valence-electron chi connectivity index (χ3n) is 4.63. The standard InChI is InChI=1S/C17H25N7O3S/c1-4-6-8-23-13-12(14(25)19-15(23)26)22(3)11(18-13)10-28-17-21-20-16(27)24(17)9-7-5-2/h4-10H2,1-3H3,(H,20,27)(H,19,25,26). The maximum atomic E-state index is 12.3. The number of imidazole rings is 1. The summed E-state index contributed by atoms with van der Waals surface area (Å²) < 4.78 is 4.82. The van der Waals surface area contributed by atoms with Crippen LogP contribution in [0.15, 0.2) is 19.5 Å². The fourth-order valence-electron chi connectivity index (χ4n) is 3.00. The van der Waals surface area contributed by atoms with Gasteiger partial charge in [-0.1, -0.05) is 38.5 Å². The van der Waals surface area contributed by atoms with Crippen LogP contribution in [0.25, 0.3) is 11.2 Å². The van der Waals surface area contributed by atoms with Gasteiger partial charge in [-0.25, -0.2) is 19.7 Å². The molecule has 0 radical (unpaired) electrons. The smallest absolute Gasteiger partial charge is 0.325 e. The summed E-state index contributed by atoms with van der Waals surface area (Å²) >= 11 is 1.37. The van der Waals surface area contributed by atoms with Crippen molar-refractivity contribution in [2.24, 2.45) is 7.05 Å². The molecule has 3 rings (SSSR count). The Kier molecular flexibility index (Phi) is 6.22. The minimum absolute atomic E-state index is 0.231. The minimum Gasteiger partial charge on any atom is -0.325 e. The fraction of sp³-hybridized carbons (Fsp3) is 0.588. The Morgan fingerprint density at radius 3 is 2.36 bits per heavy atom. The number of nitrogens with one attached hydrogen (secondary N) is 2. The van der Waals surface area contributed by atoms with Crippen molar-refractivity contribution in [3.63, 3.8) is 0 Å². The van der Waals surface area contributed by atoms with Crippen LogP contribution in [-0.2, 0) is 25.9 Å². The first-order valence-electron chi connectivity index (χ1n) is 9.44. The Balaban J connectivity index is 1.94. The zero-order valence-corrected chi connectivity index (χ0v) is 17.1. The molecule has 28 heavy (non-hydrogen) atoms. The van der Waals surface area contributed by atoms with E-state index in [0.717, 1.165) is 25.7 Å². The van der Waals surface area contributed by atoms with Gasteiger partial charge in [0, 0.05) is 20.1 Å². The number of aromatic nitrogens is 7. The largest absolute Gasteiger partial charge is 0.343 e. The van der Waals surface area contributed by atoms with E-state index in [1.807, 2.05) is 6.92 Å². The lowest BCUT2D eigenvalue weighted by Gasteiger charge is -2.05. The molecule has 0 unspecified atom stereocenters. The number of thioether (sulfide) groups is 1. The summed E-state index contributed by atoms with van der Waals surface area (Å²) in [5.74, 6) is 1.06. The van der Waals surface area contributed by atoms with Crippen molar-refractivity contribution in [1.29, 1.82) is 0 Å². The Labute approximate surface area is 165 Å². The van der Waals surface area contributed by atoms with Gasteiger partial charge in [-0.3, -0.25) is 18.9 Å². The number of fused-ring (bicyclic) bond motifs is 1. The molecule has 0 spiro atoms. The molecular formula is C17H25N7O3S. The second kappa shape index (κ2) is 8.63. The average Bonchev–Trinajstić information content (AvgIpc) is 3.18. The van der Waals surface area contributed by atoms with E-state index in [4.69, 9.17) is 0 Å². The maximum absolute atomic E-state index is 12.3. The number of H-pyrrole nitrogens is 2. The van der Waals surface area contributed by atoms with Gasteiger partial charge < -0.3 is 4.57 Å².